The van der Waals surface area contributed by atoms with Gasteiger partial charge in [-0.3, -0.25) is 4.79 Å². The van der Waals surface area contributed by atoms with Crippen molar-refractivity contribution in [2.45, 2.75) is 6.92 Å². The number of hydrogen-bond acceptors (Lipinski definition) is 4. The van der Waals surface area contributed by atoms with Crippen LogP contribution in [0.2, 0.25) is 0 Å². The van der Waals surface area contributed by atoms with E-state index in [1.54, 1.807) is 31.4 Å². The van der Waals surface area contributed by atoms with E-state index in [0.717, 1.165) is 5.75 Å². The van der Waals surface area contributed by atoms with Gasteiger partial charge in [-0.25, -0.2) is 0 Å². The lowest BCUT2D eigenvalue weighted by Gasteiger charge is -2.06. The highest BCUT2D eigenvalue weighted by Crippen LogP contribution is 2.16. The molecule has 0 fully saturated rings. The van der Waals surface area contributed by atoms with E-state index in [2.05, 4.69) is 4.74 Å². The second kappa shape index (κ2) is 5.11. The normalized spacial score (nSPS) is 9.29. The van der Waals surface area contributed by atoms with Crippen molar-refractivity contribution in [1.29, 1.82) is 0 Å². The highest BCUT2D eigenvalue weighted by molar-refractivity contribution is 5.65. The number of esters is 1. The molecule has 0 aliphatic heterocycles. The fourth-order valence-electron chi connectivity index (χ4n) is 0.852. The van der Waals surface area contributed by atoms with Gasteiger partial charge < -0.3 is 14.2 Å². The van der Waals surface area contributed by atoms with Crippen molar-refractivity contribution in [3.8, 4) is 11.5 Å². The molecule has 0 spiro atoms. The topological polar surface area (TPSA) is 44.8 Å². The molecule has 0 atom stereocenters. The minimum Gasteiger partial charge on any atom is -0.497 e. The Morgan fingerprint density at radius 3 is 2.29 bits per heavy atom. The monoisotopic (exact) mass is 196 g/mol. The molecule has 0 saturated carbocycles. The van der Waals surface area contributed by atoms with Gasteiger partial charge in [0.1, 0.15) is 11.5 Å². The highest BCUT2D eigenvalue weighted by Gasteiger charge is 1.96. The van der Waals surface area contributed by atoms with Crippen molar-refractivity contribution in [3.63, 3.8) is 0 Å². The van der Waals surface area contributed by atoms with Crippen LogP contribution in [0.5, 0.6) is 11.5 Å². The minimum absolute atomic E-state index is 0.0678. The molecule has 0 bridgehead atoms. The molecule has 0 saturated heterocycles. The average molecular weight is 196 g/mol. The van der Waals surface area contributed by atoms with Gasteiger partial charge in [-0.05, 0) is 24.3 Å². The number of methoxy groups -OCH3 is 1. The third-order valence-corrected chi connectivity index (χ3v) is 1.55. The van der Waals surface area contributed by atoms with Gasteiger partial charge in [0.15, 0.2) is 0 Å². The zero-order valence-electron chi connectivity index (χ0n) is 8.15. The molecule has 0 N–H and O–H groups in total. The van der Waals surface area contributed by atoms with Gasteiger partial charge in [-0.15, -0.1) is 0 Å². The van der Waals surface area contributed by atoms with Crippen LogP contribution < -0.4 is 9.47 Å². The highest BCUT2D eigenvalue weighted by atomic mass is 16.7. The molecular weight excluding hydrogens is 184 g/mol. The van der Waals surface area contributed by atoms with E-state index < -0.39 is 0 Å². The lowest BCUT2D eigenvalue weighted by atomic mass is 10.3. The van der Waals surface area contributed by atoms with Crippen molar-refractivity contribution in [3.05, 3.63) is 24.3 Å². The smallest absolute Gasteiger partial charge is 0.305 e. The van der Waals surface area contributed by atoms with E-state index in [4.69, 9.17) is 9.47 Å². The number of carbonyl (C=O) groups excluding carboxylic acids is 1. The van der Waals surface area contributed by atoms with Crippen LogP contribution in [0.4, 0.5) is 0 Å². The Morgan fingerprint density at radius 2 is 1.79 bits per heavy atom. The van der Waals surface area contributed by atoms with Crippen molar-refractivity contribution in [2.75, 3.05) is 13.9 Å². The molecule has 4 nitrogen and oxygen atoms in total. The fraction of sp³-hybridized carbons (Fsp3) is 0.300. The van der Waals surface area contributed by atoms with Gasteiger partial charge in [0.2, 0.25) is 6.79 Å². The molecule has 1 rings (SSSR count). The van der Waals surface area contributed by atoms with Crippen LogP contribution in [-0.4, -0.2) is 19.9 Å². The van der Waals surface area contributed by atoms with Crippen LogP contribution in [0.25, 0.3) is 0 Å². The van der Waals surface area contributed by atoms with Gasteiger partial charge in [0.25, 0.3) is 0 Å². The largest absolute Gasteiger partial charge is 0.497 e. The van der Waals surface area contributed by atoms with E-state index in [1.807, 2.05) is 0 Å². The summed E-state index contributed by atoms with van der Waals surface area (Å²) in [5.74, 6) is 1.02. The Kier molecular flexibility index (Phi) is 3.79. The molecule has 1 aromatic carbocycles. The van der Waals surface area contributed by atoms with Gasteiger partial charge >= 0.3 is 5.97 Å². The van der Waals surface area contributed by atoms with Crippen molar-refractivity contribution in [2.24, 2.45) is 0 Å². The van der Waals surface area contributed by atoms with Crippen LogP contribution >= 0.6 is 0 Å². The number of ether oxygens (including phenoxy) is 3. The fourth-order valence-corrected chi connectivity index (χ4v) is 0.852. The van der Waals surface area contributed by atoms with Gasteiger partial charge in [0.05, 0.1) is 7.11 Å². The van der Waals surface area contributed by atoms with E-state index in [0.29, 0.717) is 5.75 Å². The second-order valence-electron chi connectivity index (χ2n) is 2.57. The maximum absolute atomic E-state index is 10.4. The quantitative estimate of drug-likeness (QED) is 0.542. The summed E-state index contributed by atoms with van der Waals surface area (Å²) in [5.41, 5.74) is 0. The summed E-state index contributed by atoms with van der Waals surface area (Å²) < 4.78 is 14.7. The van der Waals surface area contributed by atoms with Crippen LogP contribution in [0, 0.1) is 0 Å². The summed E-state index contributed by atoms with van der Waals surface area (Å²) in [6, 6.07) is 7.01. The summed E-state index contributed by atoms with van der Waals surface area (Å²) in [7, 11) is 1.59. The molecule has 0 aliphatic carbocycles. The Morgan fingerprint density at radius 1 is 1.21 bits per heavy atom. The number of hydrogen-bond donors (Lipinski definition) is 0. The van der Waals surface area contributed by atoms with Gasteiger partial charge in [0, 0.05) is 6.92 Å². The van der Waals surface area contributed by atoms with Crippen molar-refractivity contribution in [1.82, 2.24) is 0 Å². The van der Waals surface area contributed by atoms with Gasteiger partial charge in [-0.1, -0.05) is 0 Å². The predicted molar refractivity (Wildman–Crippen MR) is 50.3 cm³/mol. The van der Waals surface area contributed by atoms with Crippen LogP contribution in [0.15, 0.2) is 24.3 Å². The van der Waals surface area contributed by atoms with Crippen LogP contribution in [0.3, 0.4) is 0 Å². The lowest BCUT2D eigenvalue weighted by molar-refractivity contribution is -0.147. The second-order valence-corrected chi connectivity index (χ2v) is 2.57. The van der Waals surface area contributed by atoms with Gasteiger partial charge in [-0.2, -0.15) is 0 Å². The number of rotatable bonds is 4. The molecular formula is C10H12O4. The molecule has 0 unspecified atom stereocenters. The molecule has 1 aromatic rings. The Hall–Kier alpha value is -1.71. The third kappa shape index (κ3) is 3.35. The third-order valence-electron chi connectivity index (χ3n) is 1.55. The summed E-state index contributed by atoms with van der Waals surface area (Å²) in [6.45, 7) is 1.26. The lowest BCUT2D eigenvalue weighted by Crippen LogP contribution is -2.06. The Balaban J connectivity index is 2.40. The molecule has 0 aliphatic rings. The number of benzene rings is 1. The molecule has 4 heteroatoms. The standard InChI is InChI=1S/C10H12O4/c1-8(11)13-7-14-10-5-3-9(12-2)4-6-10/h3-6H,7H2,1-2H3. The molecule has 0 aromatic heterocycles. The molecule has 76 valence electrons. The van der Waals surface area contributed by atoms with E-state index in [-0.39, 0.29) is 12.8 Å². The SMILES string of the molecule is COc1ccc(OCOC(C)=O)cc1. The van der Waals surface area contributed by atoms with Crippen molar-refractivity contribution < 1.29 is 19.0 Å². The summed E-state index contributed by atoms with van der Waals surface area (Å²) in [5, 5.41) is 0. The minimum atomic E-state index is -0.362. The van der Waals surface area contributed by atoms with E-state index in [9.17, 15) is 4.79 Å². The maximum Gasteiger partial charge on any atom is 0.305 e. The van der Waals surface area contributed by atoms with Crippen molar-refractivity contribution >= 4 is 5.97 Å². The molecule has 14 heavy (non-hydrogen) atoms. The molecule has 0 amide bonds. The van der Waals surface area contributed by atoms with E-state index >= 15 is 0 Å². The average Bonchev–Trinajstić information content (AvgIpc) is 2.18. The van der Waals surface area contributed by atoms with E-state index in [1.165, 1.54) is 6.92 Å². The zero-order valence-corrected chi connectivity index (χ0v) is 8.15. The number of carbonyl (C=O) groups is 1. The first kappa shape index (κ1) is 10.4. The van der Waals surface area contributed by atoms with Crippen LogP contribution in [0.1, 0.15) is 6.92 Å². The first-order chi connectivity index (χ1) is 6.72. The first-order valence-electron chi connectivity index (χ1n) is 4.12. The molecule has 0 heterocycles. The summed E-state index contributed by atoms with van der Waals surface area (Å²) in [6.07, 6.45) is 0. The summed E-state index contributed by atoms with van der Waals surface area (Å²) >= 11 is 0. The maximum atomic E-state index is 10.4. The Bertz CT molecular complexity index is 291. The first-order valence-corrected chi connectivity index (χ1v) is 4.12. The predicted octanol–water partition coefficient (Wildman–Crippen LogP) is 1.59. The Labute approximate surface area is 82.4 Å². The zero-order chi connectivity index (χ0) is 10.4. The van der Waals surface area contributed by atoms with Crippen LogP contribution in [-0.2, 0) is 9.53 Å². The summed E-state index contributed by atoms with van der Waals surface area (Å²) in [4.78, 5) is 10.4. The molecule has 0 radical (unpaired) electrons.